The molecule has 1 aliphatic rings. The Labute approximate surface area is 116 Å². The summed E-state index contributed by atoms with van der Waals surface area (Å²) in [7, 11) is 0. The number of aromatic nitrogens is 1. The molecule has 0 bridgehead atoms. The van der Waals surface area contributed by atoms with Gasteiger partial charge in [0.25, 0.3) is 0 Å². The summed E-state index contributed by atoms with van der Waals surface area (Å²) < 4.78 is 0. The molecule has 1 heterocycles. The highest BCUT2D eigenvalue weighted by Crippen LogP contribution is 2.30. The van der Waals surface area contributed by atoms with Crippen molar-refractivity contribution in [3.05, 3.63) is 15.6 Å². The predicted octanol–water partition coefficient (Wildman–Crippen LogP) is 1.96. The first-order valence-electron chi connectivity index (χ1n) is 6.30. The standard InChI is InChI=1S/C13H18N2O3S/c1-13(2,3)12-15-8(10(19-12)11(17)18)6-9(16)14-7-4-5-7/h7H,4-6H2,1-3H3,(H,14,16)(H,17,18). The fourth-order valence-electron chi connectivity index (χ4n) is 1.62. The van der Waals surface area contributed by atoms with E-state index in [0.29, 0.717) is 5.69 Å². The molecule has 0 unspecified atom stereocenters. The number of aromatic carboxylic acids is 1. The summed E-state index contributed by atoms with van der Waals surface area (Å²) >= 11 is 1.16. The molecule has 0 aliphatic heterocycles. The van der Waals surface area contributed by atoms with Crippen molar-refractivity contribution >= 4 is 23.2 Å². The second-order valence-corrected chi connectivity index (χ2v) is 6.87. The minimum atomic E-state index is -1.01. The molecule has 1 aliphatic carbocycles. The Hall–Kier alpha value is -1.43. The Balaban J connectivity index is 2.19. The van der Waals surface area contributed by atoms with E-state index < -0.39 is 5.97 Å². The fraction of sp³-hybridized carbons (Fsp3) is 0.615. The van der Waals surface area contributed by atoms with Crippen LogP contribution in [0.2, 0.25) is 0 Å². The van der Waals surface area contributed by atoms with Crippen LogP contribution in [0, 0.1) is 0 Å². The fourth-order valence-corrected chi connectivity index (χ4v) is 2.60. The third kappa shape index (κ3) is 3.53. The zero-order valence-electron chi connectivity index (χ0n) is 11.3. The van der Waals surface area contributed by atoms with Crippen LogP contribution in [0.25, 0.3) is 0 Å². The summed E-state index contributed by atoms with van der Waals surface area (Å²) in [6, 6.07) is 0.279. The molecular weight excluding hydrogens is 264 g/mol. The SMILES string of the molecule is CC(C)(C)c1nc(CC(=O)NC2CC2)c(C(=O)O)s1. The number of carboxylic acids is 1. The maximum absolute atomic E-state index is 11.8. The van der Waals surface area contributed by atoms with Gasteiger partial charge in [-0.15, -0.1) is 11.3 Å². The number of rotatable bonds is 4. The molecule has 1 saturated carbocycles. The second kappa shape index (κ2) is 4.92. The molecule has 1 aromatic heterocycles. The van der Waals surface area contributed by atoms with Gasteiger partial charge in [0.2, 0.25) is 5.91 Å². The van der Waals surface area contributed by atoms with Gasteiger partial charge in [-0.2, -0.15) is 0 Å². The summed E-state index contributed by atoms with van der Waals surface area (Å²) in [4.78, 5) is 27.5. The summed E-state index contributed by atoms with van der Waals surface area (Å²) in [5.41, 5.74) is 0.167. The van der Waals surface area contributed by atoms with Gasteiger partial charge in [0, 0.05) is 11.5 Å². The van der Waals surface area contributed by atoms with Gasteiger partial charge in [-0.05, 0) is 12.8 Å². The quantitative estimate of drug-likeness (QED) is 0.884. The Kier molecular flexibility index (Phi) is 3.62. The molecule has 19 heavy (non-hydrogen) atoms. The van der Waals surface area contributed by atoms with Crippen molar-refractivity contribution < 1.29 is 14.7 Å². The molecule has 0 atom stereocenters. The van der Waals surface area contributed by atoms with Gasteiger partial charge in [0.1, 0.15) is 4.88 Å². The molecule has 1 aromatic rings. The minimum absolute atomic E-state index is 0.0463. The molecule has 6 heteroatoms. The van der Waals surface area contributed by atoms with E-state index in [2.05, 4.69) is 10.3 Å². The number of hydrogen-bond donors (Lipinski definition) is 2. The lowest BCUT2D eigenvalue weighted by atomic mass is 9.98. The average Bonchev–Trinajstić information content (AvgIpc) is 2.93. The number of thiazole rings is 1. The first-order chi connectivity index (χ1) is 8.77. The lowest BCUT2D eigenvalue weighted by Crippen LogP contribution is -2.27. The van der Waals surface area contributed by atoms with Gasteiger partial charge in [0.15, 0.2) is 0 Å². The van der Waals surface area contributed by atoms with E-state index in [1.807, 2.05) is 20.8 Å². The first kappa shape index (κ1) is 14.0. The normalized spacial score (nSPS) is 15.3. The van der Waals surface area contributed by atoms with Gasteiger partial charge in [-0.1, -0.05) is 20.8 Å². The van der Waals surface area contributed by atoms with Crippen molar-refractivity contribution in [1.29, 1.82) is 0 Å². The van der Waals surface area contributed by atoms with Crippen LogP contribution in [0.4, 0.5) is 0 Å². The van der Waals surface area contributed by atoms with E-state index in [9.17, 15) is 14.7 Å². The van der Waals surface area contributed by atoms with Crippen LogP contribution in [0.3, 0.4) is 0 Å². The van der Waals surface area contributed by atoms with Crippen LogP contribution in [0.1, 0.15) is 54.0 Å². The van der Waals surface area contributed by atoms with E-state index in [1.54, 1.807) is 0 Å². The molecule has 5 nitrogen and oxygen atoms in total. The highest BCUT2D eigenvalue weighted by Gasteiger charge is 2.27. The Bertz CT molecular complexity index is 512. The smallest absolute Gasteiger partial charge is 0.347 e. The molecule has 0 spiro atoms. The van der Waals surface area contributed by atoms with E-state index in [-0.39, 0.29) is 28.7 Å². The monoisotopic (exact) mass is 282 g/mol. The van der Waals surface area contributed by atoms with Crippen molar-refractivity contribution in [2.45, 2.75) is 51.5 Å². The maximum atomic E-state index is 11.8. The van der Waals surface area contributed by atoms with Gasteiger partial charge in [-0.25, -0.2) is 9.78 Å². The predicted molar refractivity (Wildman–Crippen MR) is 72.6 cm³/mol. The van der Waals surface area contributed by atoms with Crippen molar-refractivity contribution in [3.63, 3.8) is 0 Å². The summed E-state index contributed by atoms with van der Waals surface area (Å²) in [5, 5.41) is 12.8. The summed E-state index contributed by atoms with van der Waals surface area (Å²) in [6.07, 6.45) is 2.08. The largest absolute Gasteiger partial charge is 0.477 e. The van der Waals surface area contributed by atoms with Crippen LogP contribution >= 0.6 is 11.3 Å². The van der Waals surface area contributed by atoms with E-state index >= 15 is 0 Å². The number of hydrogen-bond acceptors (Lipinski definition) is 4. The molecule has 1 amide bonds. The summed E-state index contributed by atoms with van der Waals surface area (Å²) in [6.45, 7) is 5.93. The molecule has 2 N–H and O–H groups in total. The number of nitrogens with zero attached hydrogens (tertiary/aromatic N) is 1. The zero-order chi connectivity index (χ0) is 14.2. The van der Waals surface area contributed by atoms with Gasteiger partial charge in [0.05, 0.1) is 17.1 Å². The van der Waals surface area contributed by atoms with E-state index in [4.69, 9.17) is 0 Å². The van der Waals surface area contributed by atoms with Crippen molar-refractivity contribution in [2.24, 2.45) is 0 Å². The van der Waals surface area contributed by atoms with Crippen molar-refractivity contribution in [2.75, 3.05) is 0 Å². The second-order valence-electron chi connectivity index (χ2n) is 5.87. The number of carbonyl (C=O) groups excluding carboxylic acids is 1. The molecule has 0 aromatic carbocycles. The lowest BCUT2D eigenvalue weighted by molar-refractivity contribution is -0.120. The highest BCUT2D eigenvalue weighted by molar-refractivity contribution is 7.13. The number of nitrogens with one attached hydrogen (secondary N) is 1. The van der Waals surface area contributed by atoms with Crippen LogP contribution in [-0.4, -0.2) is 28.0 Å². The van der Waals surface area contributed by atoms with Crippen LogP contribution in [0.5, 0.6) is 0 Å². The molecule has 104 valence electrons. The summed E-state index contributed by atoms with van der Waals surface area (Å²) in [5.74, 6) is -1.15. The Morgan fingerprint density at radius 1 is 1.42 bits per heavy atom. The molecule has 1 fully saturated rings. The van der Waals surface area contributed by atoms with Crippen LogP contribution in [-0.2, 0) is 16.6 Å². The zero-order valence-corrected chi connectivity index (χ0v) is 12.1. The average molecular weight is 282 g/mol. The maximum Gasteiger partial charge on any atom is 0.347 e. The molecule has 2 rings (SSSR count). The number of amides is 1. The molecule has 0 saturated heterocycles. The molecular formula is C13H18N2O3S. The topological polar surface area (TPSA) is 79.3 Å². The third-order valence-corrected chi connectivity index (χ3v) is 4.32. The lowest BCUT2D eigenvalue weighted by Gasteiger charge is -2.13. The van der Waals surface area contributed by atoms with Gasteiger partial charge < -0.3 is 10.4 Å². The third-order valence-electron chi connectivity index (χ3n) is 2.80. The van der Waals surface area contributed by atoms with Crippen LogP contribution in [0.15, 0.2) is 0 Å². The minimum Gasteiger partial charge on any atom is -0.477 e. The highest BCUT2D eigenvalue weighted by atomic mass is 32.1. The Morgan fingerprint density at radius 2 is 2.05 bits per heavy atom. The van der Waals surface area contributed by atoms with Gasteiger partial charge >= 0.3 is 5.97 Å². The van der Waals surface area contributed by atoms with E-state index in [0.717, 1.165) is 29.2 Å². The van der Waals surface area contributed by atoms with Gasteiger partial charge in [-0.3, -0.25) is 4.79 Å². The van der Waals surface area contributed by atoms with Crippen LogP contribution < -0.4 is 5.32 Å². The van der Waals surface area contributed by atoms with E-state index in [1.165, 1.54) is 0 Å². The molecule has 0 radical (unpaired) electrons. The number of carbonyl (C=O) groups is 2. The Morgan fingerprint density at radius 3 is 2.53 bits per heavy atom. The van der Waals surface area contributed by atoms with Crippen molar-refractivity contribution in [3.8, 4) is 0 Å². The number of carboxylic acid groups (broad SMARTS) is 1. The first-order valence-corrected chi connectivity index (χ1v) is 7.12. The van der Waals surface area contributed by atoms with Crippen molar-refractivity contribution in [1.82, 2.24) is 10.3 Å².